The summed E-state index contributed by atoms with van der Waals surface area (Å²) >= 11 is 1.69. The van der Waals surface area contributed by atoms with Crippen LogP contribution in [0, 0.1) is 0 Å². The maximum atomic E-state index is 13.0. The van der Waals surface area contributed by atoms with Crippen LogP contribution in [-0.4, -0.2) is 43.7 Å². The molecule has 0 saturated carbocycles. The molecule has 0 bridgehead atoms. The summed E-state index contributed by atoms with van der Waals surface area (Å²) in [5.41, 5.74) is 1.88. The molecule has 162 valence electrons. The van der Waals surface area contributed by atoms with Gasteiger partial charge in [-0.15, -0.1) is 11.8 Å². The van der Waals surface area contributed by atoms with Crippen LogP contribution in [-0.2, 0) is 9.53 Å². The standard InChI is InChI=1S/C25H22N2O4S/c1-26(18-9-3-2-4-10-18)24(29)19-11-5-6-12-20(19)25(30)31-17-23(28)27-15-16-32-22-14-8-7-13-21(22)27/h2-14H,15-17H2,1H3. The summed E-state index contributed by atoms with van der Waals surface area (Å²) < 4.78 is 5.33. The van der Waals surface area contributed by atoms with Gasteiger partial charge in [-0.05, 0) is 36.4 Å². The van der Waals surface area contributed by atoms with Crippen LogP contribution in [0.4, 0.5) is 11.4 Å². The number of amides is 2. The molecule has 1 heterocycles. The lowest BCUT2D eigenvalue weighted by Gasteiger charge is -2.28. The minimum atomic E-state index is -0.705. The van der Waals surface area contributed by atoms with Gasteiger partial charge in [-0.3, -0.25) is 9.59 Å². The van der Waals surface area contributed by atoms with Crippen LogP contribution in [0.5, 0.6) is 0 Å². The first-order chi connectivity index (χ1) is 15.6. The number of para-hydroxylation sites is 2. The van der Waals surface area contributed by atoms with Crippen molar-refractivity contribution in [3.05, 3.63) is 90.0 Å². The van der Waals surface area contributed by atoms with Crippen molar-refractivity contribution in [2.45, 2.75) is 4.90 Å². The molecule has 1 aliphatic rings. The van der Waals surface area contributed by atoms with Crippen molar-refractivity contribution in [2.75, 3.05) is 35.8 Å². The zero-order valence-corrected chi connectivity index (χ0v) is 18.4. The largest absolute Gasteiger partial charge is 0.452 e. The summed E-state index contributed by atoms with van der Waals surface area (Å²) in [6, 6.07) is 23.3. The van der Waals surface area contributed by atoms with Gasteiger partial charge in [-0.2, -0.15) is 0 Å². The predicted octanol–water partition coefficient (Wildman–Crippen LogP) is 4.26. The van der Waals surface area contributed by atoms with Crippen molar-refractivity contribution < 1.29 is 19.1 Å². The molecule has 1 aliphatic heterocycles. The first-order valence-corrected chi connectivity index (χ1v) is 11.2. The Hall–Kier alpha value is -3.58. The van der Waals surface area contributed by atoms with Gasteiger partial charge in [-0.25, -0.2) is 4.79 Å². The Morgan fingerprint density at radius 3 is 2.34 bits per heavy atom. The number of ether oxygens (including phenoxy) is 1. The summed E-state index contributed by atoms with van der Waals surface area (Å²) in [6.07, 6.45) is 0. The van der Waals surface area contributed by atoms with Crippen molar-refractivity contribution in [1.29, 1.82) is 0 Å². The van der Waals surface area contributed by atoms with Crippen molar-refractivity contribution in [3.8, 4) is 0 Å². The van der Waals surface area contributed by atoms with E-state index in [4.69, 9.17) is 4.74 Å². The van der Waals surface area contributed by atoms with Crippen molar-refractivity contribution in [1.82, 2.24) is 0 Å². The first-order valence-electron chi connectivity index (χ1n) is 10.2. The third-order valence-electron chi connectivity index (χ3n) is 5.18. The van der Waals surface area contributed by atoms with Gasteiger partial charge in [0.25, 0.3) is 11.8 Å². The molecular formula is C25H22N2O4S. The number of fused-ring (bicyclic) bond motifs is 1. The fourth-order valence-electron chi connectivity index (χ4n) is 3.51. The van der Waals surface area contributed by atoms with Crippen LogP contribution in [0.1, 0.15) is 20.7 Å². The Labute approximate surface area is 190 Å². The zero-order valence-electron chi connectivity index (χ0n) is 17.6. The Morgan fingerprint density at radius 2 is 1.56 bits per heavy atom. The van der Waals surface area contributed by atoms with E-state index in [9.17, 15) is 14.4 Å². The summed E-state index contributed by atoms with van der Waals surface area (Å²) in [5.74, 6) is -0.559. The van der Waals surface area contributed by atoms with E-state index >= 15 is 0 Å². The molecule has 0 radical (unpaired) electrons. The van der Waals surface area contributed by atoms with Gasteiger partial charge >= 0.3 is 5.97 Å². The van der Waals surface area contributed by atoms with E-state index in [2.05, 4.69) is 0 Å². The molecule has 3 aromatic rings. The van der Waals surface area contributed by atoms with Gasteiger partial charge in [0.15, 0.2) is 6.61 Å². The second-order valence-electron chi connectivity index (χ2n) is 7.18. The predicted molar refractivity (Wildman–Crippen MR) is 125 cm³/mol. The van der Waals surface area contributed by atoms with Crippen LogP contribution in [0.2, 0.25) is 0 Å². The second-order valence-corrected chi connectivity index (χ2v) is 8.32. The Kier molecular flexibility index (Phi) is 6.56. The number of hydrogen-bond donors (Lipinski definition) is 0. The molecule has 0 aromatic heterocycles. The van der Waals surface area contributed by atoms with Crippen molar-refractivity contribution >= 4 is 40.9 Å². The molecule has 0 atom stereocenters. The van der Waals surface area contributed by atoms with Gasteiger partial charge in [0.05, 0.1) is 16.8 Å². The number of anilines is 2. The number of rotatable bonds is 5. The highest BCUT2D eigenvalue weighted by Gasteiger charge is 2.25. The second kappa shape index (κ2) is 9.70. The lowest BCUT2D eigenvalue weighted by molar-refractivity contribution is -0.121. The molecule has 0 spiro atoms. The van der Waals surface area contributed by atoms with Crippen LogP contribution >= 0.6 is 11.8 Å². The summed E-state index contributed by atoms with van der Waals surface area (Å²) in [4.78, 5) is 42.7. The molecular weight excluding hydrogens is 424 g/mol. The van der Waals surface area contributed by atoms with E-state index in [1.165, 1.54) is 11.0 Å². The number of nitrogens with zero attached hydrogens (tertiary/aromatic N) is 2. The van der Waals surface area contributed by atoms with E-state index in [1.807, 2.05) is 54.6 Å². The highest BCUT2D eigenvalue weighted by molar-refractivity contribution is 7.99. The third kappa shape index (κ3) is 4.53. The fraction of sp³-hybridized carbons (Fsp3) is 0.160. The summed E-state index contributed by atoms with van der Waals surface area (Å²) in [5, 5.41) is 0. The molecule has 7 heteroatoms. The summed E-state index contributed by atoms with van der Waals surface area (Å²) in [6.45, 7) is 0.157. The number of carbonyl (C=O) groups is 3. The van der Waals surface area contributed by atoms with Gasteiger partial charge < -0.3 is 14.5 Å². The average molecular weight is 447 g/mol. The van der Waals surface area contributed by atoms with Gasteiger partial charge in [0, 0.05) is 29.9 Å². The van der Waals surface area contributed by atoms with Crippen LogP contribution in [0.3, 0.4) is 0 Å². The molecule has 0 aliphatic carbocycles. The lowest BCUT2D eigenvalue weighted by Crippen LogP contribution is -2.38. The summed E-state index contributed by atoms with van der Waals surface area (Å²) in [7, 11) is 1.65. The quantitative estimate of drug-likeness (QED) is 0.548. The van der Waals surface area contributed by atoms with Crippen LogP contribution in [0.15, 0.2) is 83.8 Å². The number of carbonyl (C=O) groups excluding carboxylic acids is 3. The van der Waals surface area contributed by atoms with Crippen LogP contribution < -0.4 is 9.80 Å². The molecule has 0 unspecified atom stereocenters. The monoisotopic (exact) mass is 446 g/mol. The number of esters is 1. The zero-order chi connectivity index (χ0) is 22.5. The molecule has 0 fully saturated rings. The SMILES string of the molecule is CN(C(=O)c1ccccc1C(=O)OCC(=O)N1CCSc2ccccc21)c1ccccc1. The molecule has 0 saturated heterocycles. The highest BCUT2D eigenvalue weighted by atomic mass is 32.2. The van der Waals surface area contributed by atoms with Gasteiger partial charge in [0.1, 0.15) is 0 Å². The van der Waals surface area contributed by atoms with E-state index in [-0.39, 0.29) is 22.9 Å². The van der Waals surface area contributed by atoms with Gasteiger partial charge in [-0.1, -0.05) is 42.5 Å². The van der Waals surface area contributed by atoms with E-state index in [0.717, 1.165) is 16.3 Å². The first kappa shape index (κ1) is 21.6. The minimum Gasteiger partial charge on any atom is -0.452 e. The molecule has 2 amide bonds. The van der Waals surface area contributed by atoms with Crippen LogP contribution in [0.25, 0.3) is 0 Å². The Morgan fingerprint density at radius 1 is 0.906 bits per heavy atom. The van der Waals surface area contributed by atoms with E-state index in [1.54, 1.807) is 41.9 Å². The minimum absolute atomic E-state index is 0.127. The normalized spacial score (nSPS) is 12.6. The van der Waals surface area contributed by atoms with E-state index < -0.39 is 12.6 Å². The molecule has 3 aromatic carbocycles. The lowest BCUT2D eigenvalue weighted by atomic mass is 10.1. The average Bonchev–Trinajstić information content (AvgIpc) is 2.86. The molecule has 32 heavy (non-hydrogen) atoms. The molecule has 4 rings (SSSR count). The fourth-order valence-corrected chi connectivity index (χ4v) is 4.50. The maximum absolute atomic E-state index is 13.0. The molecule has 6 nitrogen and oxygen atoms in total. The highest BCUT2D eigenvalue weighted by Crippen LogP contribution is 2.34. The number of benzene rings is 3. The van der Waals surface area contributed by atoms with Gasteiger partial charge in [0.2, 0.25) is 0 Å². The molecule has 0 N–H and O–H groups in total. The number of thioether (sulfide) groups is 1. The number of hydrogen-bond acceptors (Lipinski definition) is 5. The van der Waals surface area contributed by atoms with Crippen molar-refractivity contribution in [3.63, 3.8) is 0 Å². The topological polar surface area (TPSA) is 66.9 Å². The van der Waals surface area contributed by atoms with E-state index in [0.29, 0.717) is 12.2 Å². The Bertz CT molecular complexity index is 1150. The maximum Gasteiger partial charge on any atom is 0.339 e. The van der Waals surface area contributed by atoms with Crippen molar-refractivity contribution in [2.24, 2.45) is 0 Å². The smallest absolute Gasteiger partial charge is 0.339 e. The Balaban J connectivity index is 1.47. The third-order valence-corrected chi connectivity index (χ3v) is 6.22.